The molecule has 0 radical (unpaired) electrons. The molecule has 1 aliphatic rings. The molecule has 16 heavy (non-hydrogen) atoms. The van der Waals surface area contributed by atoms with E-state index in [0.29, 0.717) is 11.9 Å². The van der Waals surface area contributed by atoms with Crippen LogP contribution in [0.2, 0.25) is 0 Å². The van der Waals surface area contributed by atoms with Crippen LogP contribution in [0.15, 0.2) is 12.3 Å². The van der Waals surface area contributed by atoms with Gasteiger partial charge in [0.15, 0.2) is 0 Å². The van der Waals surface area contributed by atoms with Crippen molar-refractivity contribution in [2.24, 2.45) is 0 Å². The maximum Gasteiger partial charge on any atom is 0.131 e. The van der Waals surface area contributed by atoms with Crippen LogP contribution in [0.1, 0.15) is 37.3 Å². The van der Waals surface area contributed by atoms with Crippen molar-refractivity contribution < 1.29 is 0 Å². The summed E-state index contributed by atoms with van der Waals surface area (Å²) in [7, 11) is 0. The van der Waals surface area contributed by atoms with Crippen molar-refractivity contribution >= 4 is 17.4 Å². The highest BCUT2D eigenvalue weighted by Gasteiger charge is 2.24. The van der Waals surface area contributed by atoms with Gasteiger partial charge in [-0.05, 0) is 43.4 Å². The van der Waals surface area contributed by atoms with Crippen LogP contribution < -0.4 is 4.90 Å². The molecule has 88 valence electrons. The fourth-order valence-electron chi connectivity index (χ4n) is 2.54. The molecule has 1 unspecified atom stereocenters. The number of rotatable bonds is 3. The minimum absolute atomic E-state index is 0.547. The second-order valence-corrected chi connectivity index (χ2v) is 4.78. The average Bonchev–Trinajstić information content (AvgIpc) is 2.76. The Bertz CT molecular complexity index is 365. The Balaban J connectivity index is 2.26. The number of hydrogen-bond acceptors (Lipinski definition) is 2. The number of aromatic nitrogens is 1. The number of aryl methyl sites for hydroxylation is 1. The molecule has 1 atom stereocenters. The molecule has 0 aliphatic carbocycles. The van der Waals surface area contributed by atoms with E-state index in [-0.39, 0.29) is 0 Å². The number of anilines is 1. The lowest BCUT2D eigenvalue weighted by Gasteiger charge is -2.26. The van der Waals surface area contributed by atoms with Gasteiger partial charge in [0, 0.05) is 24.7 Å². The van der Waals surface area contributed by atoms with Crippen molar-refractivity contribution in [2.45, 2.75) is 45.0 Å². The Morgan fingerprint density at radius 1 is 1.56 bits per heavy atom. The van der Waals surface area contributed by atoms with Gasteiger partial charge in [0.1, 0.15) is 5.82 Å². The Morgan fingerprint density at radius 3 is 3.00 bits per heavy atom. The van der Waals surface area contributed by atoms with Gasteiger partial charge in [0.05, 0.1) is 0 Å². The maximum absolute atomic E-state index is 5.81. The summed E-state index contributed by atoms with van der Waals surface area (Å²) >= 11 is 5.81. The maximum atomic E-state index is 5.81. The fraction of sp³-hybridized carbons (Fsp3) is 0.615. The molecule has 1 aromatic rings. The molecule has 0 spiro atoms. The molecule has 0 saturated carbocycles. The van der Waals surface area contributed by atoms with Gasteiger partial charge in [-0.3, -0.25) is 0 Å². The Hall–Kier alpha value is -0.760. The number of hydrogen-bond donors (Lipinski definition) is 0. The third-order valence-electron chi connectivity index (χ3n) is 3.38. The van der Waals surface area contributed by atoms with E-state index in [2.05, 4.69) is 29.8 Å². The molecule has 1 saturated heterocycles. The zero-order valence-corrected chi connectivity index (χ0v) is 10.8. The lowest BCUT2D eigenvalue weighted by atomic mass is 10.1. The number of pyridine rings is 1. The minimum atomic E-state index is 0.547. The molecular weight excluding hydrogens is 220 g/mol. The van der Waals surface area contributed by atoms with Gasteiger partial charge in [0.2, 0.25) is 0 Å². The van der Waals surface area contributed by atoms with Crippen molar-refractivity contribution in [3.63, 3.8) is 0 Å². The van der Waals surface area contributed by atoms with Crippen LogP contribution in [-0.2, 0) is 5.88 Å². The first-order valence-corrected chi connectivity index (χ1v) is 6.57. The van der Waals surface area contributed by atoms with Crippen LogP contribution in [0.4, 0.5) is 5.82 Å². The first-order valence-electron chi connectivity index (χ1n) is 6.04. The highest BCUT2D eigenvalue weighted by atomic mass is 35.5. The van der Waals surface area contributed by atoms with Crippen molar-refractivity contribution in [1.82, 2.24) is 4.98 Å². The largest absolute Gasteiger partial charge is 0.353 e. The first kappa shape index (κ1) is 11.7. The summed E-state index contributed by atoms with van der Waals surface area (Å²) < 4.78 is 0. The average molecular weight is 239 g/mol. The van der Waals surface area contributed by atoms with E-state index in [1.54, 1.807) is 0 Å². The lowest BCUT2D eigenvalue weighted by Crippen LogP contribution is -2.29. The van der Waals surface area contributed by atoms with Gasteiger partial charge < -0.3 is 4.90 Å². The quantitative estimate of drug-likeness (QED) is 0.750. The zero-order valence-electron chi connectivity index (χ0n) is 10.0. The normalized spacial score (nSPS) is 20.4. The van der Waals surface area contributed by atoms with Gasteiger partial charge in [-0.2, -0.15) is 0 Å². The van der Waals surface area contributed by atoms with Gasteiger partial charge >= 0.3 is 0 Å². The van der Waals surface area contributed by atoms with Crippen LogP contribution in [0.5, 0.6) is 0 Å². The monoisotopic (exact) mass is 238 g/mol. The molecular formula is C13H19ClN2. The SMILES string of the molecule is CCC1CCCN1c1ncc(CCl)cc1C. The summed E-state index contributed by atoms with van der Waals surface area (Å²) in [6.45, 7) is 5.53. The molecule has 2 heterocycles. The van der Waals surface area contributed by atoms with E-state index in [1.807, 2.05) is 6.20 Å². The molecule has 1 aromatic heterocycles. The van der Waals surface area contributed by atoms with Crippen LogP contribution in [0, 0.1) is 6.92 Å². The number of alkyl halides is 1. The van der Waals surface area contributed by atoms with Gasteiger partial charge in [-0.15, -0.1) is 11.6 Å². The van der Waals surface area contributed by atoms with Crippen molar-refractivity contribution in [2.75, 3.05) is 11.4 Å². The van der Waals surface area contributed by atoms with E-state index in [4.69, 9.17) is 11.6 Å². The second-order valence-electron chi connectivity index (χ2n) is 4.52. The molecule has 0 aromatic carbocycles. The minimum Gasteiger partial charge on any atom is -0.353 e. The van der Waals surface area contributed by atoms with Crippen molar-refractivity contribution in [3.05, 3.63) is 23.4 Å². The standard InChI is InChI=1S/C13H19ClN2/c1-3-12-5-4-6-16(12)13-10(2)7-11(8-14)9-15-13/h7,9,12H,3-6,8H2,1-2H3. The fourth-order valence-corrected chi connectivity index (χ4v) is 2.68. The number of halogens is 1. The second kappa shape index (κ2) is 5.05. The van der Waals surface area contributed by atoms with E-state index in [9.17, 15) is 0 Å². The summed E-state index contributed by atoms with van der Waals surface area (Å²) in [6.07, 6.45) is 5.70. The third-order valence-corrected chi connectivity index (χ3v) is 3.69. The lowest BCUT2D eigenvalue weighted by molar-refractivity contribution is 0.639. The van der Waals surface area contributed by atoms with Crippen LogP contribution in [0.3, 0.4) is 0 Å². The highest BCUT2D eigenvalue weighted by molar-refractivity contribution is 6.17. The van der Waals surface area contributed by atoms with Gasteiger partial charge in [-0.25, -0.2) is 4.98 Å². The Morgan fingerprint density at radius 2 is 2.38 bits per heavy atom. The first-order chi connectivity index (χ1) is 7.76. The predicted octanol–water partition coefficient (Wildman–Crippen LogP) is 3.51. The summed E-state index contributed by atoms with van der Waals surface area (Å²) in [5.74, 6) is 1.70. The Labute approximate surface area is 103 Å². The van der Waals surface area contributed by atoms with E-state index >= 15 is 0 Å². The van der Waals surface area contributed by atoms with Crippen LogP contribution >= 0.6 is 11.6 Å². The summed E-state index contributed by atoms with van der Waals surface area (Å²) in [4.78, 5) is 7.02. The predicted molar refractivity (Wildman–Crippen MR) is 69.2 cm³/mol. The number of nitrogens with zero attached hydrogens (tertiary/aromatic N) is 2. The van der Waals surface area contributed by atoms with Gasteiger partial charge in [-0.1, -0.05) is 6.92 Å². The summed E-state index contributed by atoms with van der Waals surface area (Å²) in [5.41, 5.74) is 2.36. The molecule has 1 aliphatic heterocycles. The summed E-state index contributed by atoms with van der Waals surface area (Å²) in [5, 5.41) is 0. The van der Waals surface area contributed by atoms with E-state index in [0.717, 1.165) is 17.9 Å². The molecule has 2 nitrogen and oxygen atoms in total. The van der Waals surface area contributed by atoms with Crippen LogP contribution in [0.25, 0.3) is 0 Å². The van der Waals surface area contributed by atoms with E-state index < -0.39 is 0 Å². The van der Waals surface area contributed by atoms with Crippen molar-refractivity contribution in [1.29, 1.82) is 0 Å². The van der Waals surface area contributed by atoms with E-state index in [1.165, 1.54) is 24.8 Å². The molecule has 0 amide bonds. The molecule has 0 N–H and O–H groups in total. The Kier molecular flexibility index (Phi) is 3.70. The molecule has 0 bridgehead atoms. The smallest absolute Gasteiger partial charge is 0.131 e. The molecule has 3 heteroatoms. The van der Waals surface area contributed by atoms with Crippen LogP contribution in [-0.4, -0.2) is 17.6 Å². The summed E-state index contributed by atoms with van der Waals surface area (Å²) in [6, 6.07) is 2.83. The highest BCUT2D eigenvalue weighted by Crippen LogP contribution is 2.28. The molecule has 2 rings (SSSR count). The third kappa shape index (κ3) is 2.17. The molecule has 1 fully saturated rings. The van der Waals surface area contributed by atoms with Gasteiger partial charge in [0.25, 0.3) is 0 Å². The van der Waals surface area contributed by atoms with Crippen molar-refractivity contribution in [3.8, 4) is 0 Å². The zero-order chi connectivity index (χ0) is 11.5. The topological polar surface area (TPSA) is 16.1 Å².